The first kappa shape index (κ1) is 10.1. The van der Waals surface area contributed by atoms with Crippen molar-refractivity contribution in [2.75, 3.05) is 19.3 Å². The fourth-order valence-electron chi connectivity index (χ4n) is 0.526. The van der Waals surface area contributed by atoms with Gasteiger partial charge in [-0.3, -0.25) is 4.57 Å². The Bertz CT molecular complexity index is 122. The second-order valence-electron chi connectivity index (χ2n) is 2.14. The SMILES string of the molecule is CCCNCCP(=O)(O)O. The molecule has 0 aromatic carbocycles. The van der Waals surface area contributed by atoms with Crippen LogP contribution in [0.1, 0.15) is 13.3 Å². The van der Waals surface area contributed by atoms with Crippen molar-refractivity contribution in [3.05, 3.63) is 0 Å². The smallest absolute Gasteiger partial charge is 0.324 e. The van der Waals surface area contributed by atoms with E-state index in [9.17, 15) is 4.57 Å². The molecule has 3 N–H and O–H groups in total. The number of hydrogen-bond acceptors (Lipinski definition) is 2. The third kappa shape index (κ3) is 8.11. The number of hydrogen-bond donors (Lipinski definition) is 3. The zero-order valence-electron chi connectivity index (χ0n) is 6.08. The van der Waals surface area contributed by atoms with Crippen molar-refractivity contribution < 1.29 is 14.4 Å². The Hall–Kier alpha value is 0.110. The summed E-state index contributed by atoms with van der Waals surface area (Å²) >= 11 is 0. The van der Waals surface area contributed by atoms with E-state index in [1.807, 2.05) is 6.92 Å². The minimum atomic E-state index is -3.77. The molecular formula is C5H14NO3P. The molecule has 62 valence electrons. The normalized spacial score (nSPS) is 11.9. The maximum absolute atomic E-state index is 10.2. The number of nitrogens with one attached hydrogen (secondary N) is 1. The van der Waals surface area contributed by atoms with Gasteiger partial charge >= 0.3 is 7.60 Å². The van der Waals surface area contributed by atoms with Gasteiger partial charge in [0.15, 0.2) is 0 Å². The van der Waals surface area contributed by atoms with Crippen LogP contribution < -0.4 is 5.32 Å². The summed E-state index contributed by atoms with van der Waals surface area (Å²) in [5.41, 5.74) is 0. The Morgan fingerprint density at radius 1 is 1.40 bits per heavy atom. The van der Waals surface area contributed by atoms with Gasteiger partial charge in [0, 0.05) is 6.54 Å². The van der Waals surface area contributed by atoms with Gasteiger partial charge < -0.3 is 15.1 Å². The second-order valence-corrected chi connectivity index (χ2v) is 3.91. The zero-order valence-corrected chi connectivity index (χ0v) is 6.97. The Morgan fingerprint density at radius 3 is 2.40 bits per heavy atom. The molecule has 0 saturated heterocycles. The Balaban J connectivity index is 3.13. The summed E-state index contributed by atoms with van der Waals surface area (Å²) in [6.07, 6.45) is 0.925. The van der Waals surface area contributed by atoms with E-state index in [1.165, 1.54) is 0 Å². The summed E-state index contributed by atoms with van der Waals surface area (Å²) in [6, 6.07) is 0. The zero-order chi connectivity index (χ0) is 8.04. The predicted molar refractivity (Wildman–Crippen MR) is 40.1 cm³/mol. The van der Waals surface area contributed by atoms with E-state index in [2.05, 4.69) is 5.32 Å². The van der Waals surface area contributed by atoms with Gasteiger partial charge in [-0.2, -0.15) is 0 Å². The standard InChI is InChI=1S/C5H14NO3P/c1-2-3-6-4-5-10(7,8)9/h6H,2-5H2,1H3,(H2,7,8,9). The van der Waals surface area contributed by atoms with E-state index in [0.29, 0.717) is 6.54 Å². The molecule has 0 aliphatic rings. The molecule has 10 heavy (non-hydrogen) atoms. The molecule has 0 rings (SSSR count). The van der Waals surface area contributed by atoms with Crippen LogP contribution in [0.5, 0.6) is 0 Å². The van der Waals surface area contributed by atoms with Gasteiger partial charge in [-0.1, -0.05) is 6.92 Å². The van der Waals surface area contributed by atoms with Gasteiger partial charge in [-0.05, 0) is 13.0 Å². The third-order valence-electron chi connectivity index (χ3n) is 1.01. The summed E-state index contributed by atoms with van der Waals surface area (Å²) in [6.45, 7) is 3.22. The Morgan fingerprint density at radius 2 is 2.00 bits per heavy atom. The van der Waals surface area contributed by atoms with Crippen LogP contribution >= 0.6 is 7.60 Å². The molecule has 0 unspecified atom stereocenters. The van der Waals surface area contributed by atoms with E-state index in [-0.39, 0.29) is 6.16 Å². The van der Waals surface area contributed by atoms with Crippen LogP contribution in [0.25, 0.3) is 0 Å². The lowest BCUT2D eigenvalue weighted by molar-refractivity contribution is 0.372. The molecule has 0 atom stereocenters. The molecule has 0 heterocycles. The topological polar surface area (TPSA) is 69.6 Å². The van der Waals surface area contributed by atoms with Crippen LogP contribution in [-0.4, -0.2) is 29.0 Å². The highest BCUT2D eigenvalue weighted by atomic mass is 31.2. The molecule has 0 amide bonds. The summed E-state index contributed by atoms with van der Waals surface area (Å²) < 4.78 is 10.2. The van der Waals surface area contributed by atoms with Crippen molar-refractivity contribution in [1.29, 1.82) is 0 Å². The number of rotatable bonds is 5. The molecule has 0 fully saturated rings. The highest BCUT2D eigenvalue weighted by Crippen LogP contribution is 2.32. The largest absolute Gasteiger partial charge is 0.326 e. The third-order valence-corrected chi connectivity index (χ3v) is 1.81. The molecule has 0 aliphatic heterocycles. The molecule has 0 aromatic heterocycles. The first-order valence-corrected chi connectivity index (χ1v) is 5.11. The van der Waals surface area contributed by atoms with Crippen molar-refractivity contribution in [2.45, 2.75) is 13.3 Å². The lowest BCUT2D eigenvalue weighted by atomic mass is 10.5. The fourth-order valence-corrected chi connectivity index (χ4v) is 0.976. The van der Waals surface area contributed by atoms with Gasteiger partial charge in [0.25, 0.3) is 0 Å². The van der Waals surface area contributed by atoms with E-state index in [1.54, 1.807) is 0 Å². The molecule has 5 heteroatoms. The first-order chi connectivity index (χ1) is 4.56. The molecule has 0 radical (unpaired) electrons. The van der Waals surface area contributed by atoms with Crippen molar-refractivity contribution in [2.24, 2.45) is 0 Å². The summed E-state index contributed by atoms with van der Waals surface area (Å²) in [4.78, 5) is 16.8. The molecular weight excluding hydrogens is 153 g/mol. The molecule has 0 aliphatic carbocycles. The Labute approximate surface area is 60.8 Å². The van der Waals surface area contributed by atoms with Gasteiger partial charge in [0.05, 0.1) is 6.16 Å². The summed E-state index contributed by atoms with van der Waals surface area (Å²) in [7, 11) is -3.77. The minimum Gasteiger partial charge on any atom is -0.324 e. The van der Waals surface area contributed by atoms with E-state index in [0.717, 1.165) is 13.0 Å². The summed E-state index contributed by atoms with van der Waals surface area (Å²) in [5, 5.41) is 2.90. The van der Waals surface area contributed by atoms with E-state index in [4.69, 9.17) is 9.79 Å². The van der Waals surface area contributed by atoms with E-state index >= 15 is 0 Å². The highest BCUT2D eigenvalue weighted by Gasteiger charge is 2.10. The molecule has 0 aromatic rings. The van der Waals surface area contributed by atoms with Gasteiger partial charge in [0.1, 0.15) is 0 Å². The van der Waals surface area contributed by atoms with Crippen LogP contribution in [-0.2, 0) is 4.57 Å². The van der Waals surface area contributed by atoms with Gasteiger partial charge in [-0.25, -0.2) is 0 Å². The van der Waals surface area contributed by atoms with Gasteiger partial charge in [-0.15, -0.1) is 0 Å². The maximum Gasteiger partial charge on any atom is 0.326 e. The molecule has 4 nitrogen and oxygen atoms in total. The highest BCUT2D eigenvalue weighted by molar-refractivity contribution is 7.51. The fraction of sp³-hybridized carbons (Fsp3) is 1.00. The lowest BCUT2D eigenvalue weighted by Crippen LogP contribution is -2.18. The maximum atomic E-state index is 10.2. The van der Waals surface area contributed by atoms with Crippen LogP contribution in [0.15, 0.2) is 0 Å². The average molecular weight is 167 g/mol. The average Bonchev–Trinajstić information content (AvgIpc) is 1.78. The molecule has 0 bridgehead atoms. The van der Waals surface area contributed by atoms with Crippen LogP contribution in [0, 0.1) is 0 Å². The quantitative estimate of drug-likeness (QED) is 0.403. The predicted octanol–water partition coefficient (Wildman–Crippen LogP) is 0.164. The van der Waals surface area contributed by atoms with E-state index < -0.39 is 7.60 Å². The van der Waals surface area contributed by atoms with Crippen LogP contribution in [0.4, 0.5) is 0 Å². The minimum absolute atomic E-state index is 0.0625. The van der Waals surface area contributed by atoms with Crippen LogP contribution in [0.2, 0.25) is 0 Å². The molecule has 0 saturated carbocycles. The summed E-state index contributed by atoms with van der Waals surface area (Å²) in [5.74, 6) is 0. The van der Waals surface area contributed by atoms with Crippen molar-refractivity contribution in [3.8, 4) is 0 Å². The van der Waals surface area contributed by atoms with Crippen molar-refractivity contribution in [3.63, 3.8) is 0 Å². The second kappa shape index (κ2) is 4.85. The van der Waals surface area contributed by atoms with Gasteiger partial charge in [0.2, 0.25) is 0 Å². The lowest BCUT2D eigenvalue weighted by Gasteiger charge is -2.03. The first-order valence-electron chi connectivity index (χ1n) is 3.31. The van der Waals surface area contributed by atoms with Crippen molar-refractivity contribution >= 4 is 7.60 Å². The Kier molecular flexibility index (Phi) is 4.91. The molecule has 0 spiro atoms. The monoisotopic (exact) mass is 167 g/mol. The van der Waals surface area contributed by atoms with Crippen molar-refractivity contribution in [1.82, 2.24) is 5.32 Å². The van der Waals surface area contributed by atoms with Crippen LogP contribution in [0.3, 0.4) is 0 Å².